The van der Waals surface area contributed by atoms with E-state index in [9.17, 15) is 4.79 Å². The fourth-order valence-electron chi connectivity index (χ4n) is 2.44. The first-order chi connectivity index (χ1) is 7.96. The molecule has 1 amide bonds. The summed E-state index contributed by atoms with van der Waals surface area (Å²) in [5.74, 6) is 0.194. The smallest absolute Gasteiger partial charge is 0.228 e. The molecule has 0 aromatic carbocycles. The van der Waals surface area contributed by atoms with E-state index in [0.29, 0.717) is 19.0 Å². The Morgan fingerprint density at radius 2 is 1.88 bits per heavy atom. The molecular weight excluding hydrogens is 212 g/mol. The fraction of sp³-hybridized carbons (Fsp3) is 0.857. The fourth-order valence-corrected chi connectivity index (χ4v) is 2.44. The zero-order chi connectivity index (χ0) is 12.9. The predicted molar refractivity (Wildman–Crippen MR) is 68.3 cm³/mol. The van der Waals surface area contributed by atoms with Crippen LogP contribution in [0, 0.1) is 16.7 Å². The van der Waals surface area contributed by atoms with Gasteiger partial charge in [0, 0.05) is 18.0 Å². The highest BCUT2D eigenvalue weighted by Crippen LogP contribution is 2.27. The minimum atomic E-state index is -0.340. The van der Waals surface area contributed by atoms with Crippen molar-refractivity contribution in [1.82, 2.24) is 4.90 Å². The largest absolute Gasteiger partial charge is 0.338 e. The van der Waals surface area contributed by atoms with Crippen LogP contribution in [-0.2, 0) is 4.79 Å². The minimum Gasteiger partial charge on any atom is -0.338 e. The van der Waals surface area contributed by atoms with Gasteiger partial charge in [-0.25, -0.2) is 0 Å². The van der Waals surface area contributed by atoms with E-state index < -0.39 is 0 Å². The zero-order valence-corrected chi connectivity index (χ0v) is 11.3. The number of carbonyl (C=O) groups excluding carboxylic acids is 1. The molecule has 1 rings (SSSR count). The number of hydrogen-bond acceptors (Lipinski definition) is 2. The van der Waals surface area contributed by atoms with Crippen LogP contribution < -0.4 is 0 Å². The summed E-state index contributed by atoms with van der Waals surface area (Å²) in [5, 5.41) is 8.71. The van der Waals surface area contributed by atoms with E-state index in [1.807, 2.05) is 25.7 Å². The van der Waals surface area contributed by atoms with Gasteiger partial charge >= 0.3 is 0 Å². The topological polar surface area (TPSA) is 44.1 Å². The van der Waals surface area contributed by atoms with Gasteiger partial charge in [0.2, 0.25) is 5.91 Å². The summed E-state index contributed by atoms with van der Waals surface area (Å²) in [4.78, 5) is 14.3. The lowest BCUT2D eigenvalue weighted by Crippen LogP contribution is -2.47. The van der Waals surface area contributed by atoms with E-state index in [-0.39, 0.29) is 11.3 Å². The van der Waals surface area contributed by atoms with Crippen LogP contribution in [0.15, 0.2) is 0 Å². The molecule has 0 unspecified atom stereocenters. The molecule has 1 fully saturated rings. The Morgan fingerprint density at radius 1 is 1.29 bits per heavy atom. The Morgan fingerprint density at radius 3 is 2.35 bits per heavy atom. The van der Waals surface area contributed by atoms with Gasteiger partial charge in [0.1, 0.15) is 0 Å². The average Bonchev–Trinajstić information content (AvgIpc) is 2.29. The molecule has 0 atom stereocenters. The van der Waals surface area contributed by atoms with Crippen molar-refractivity contribution in [3.8, 4) is 6.07 Å². The normalized spacial score (nSPS) is 17.5. The van der Waals surface area contributed by atoms with Gasteiger partial charge in [-0.15, -0.1) is 0 Å². The molecule has 1 aliphatic carbocycles. The maximum absolute atomic E-state index is 12.4. The average molecular weight is 236 g/mol. The van der Waals surface area contributed by atoms with Crippen LogP contribution in [0.5, 0.6) is 0 Å². The van der Waals surface area contributed by atoms with Gasteiger partial charge in [0.25, 0.3) is 0 Å². The zero-order valence-electron chi connectivity index (χ0n) is 11.3. The summed E-state index contributed by atoms with van der Waals surface area (Å²) in [7, 11) is 0. The molecule has 1 saturated carbocycles. The second-order valence-electron chi connectivity index (χ2n) is 5.95. The summed E-state index contributed by atoms with van der Waals surface area (Å²) in [6.45, 7) is 6.46. The third-order valence-electron chi connectivity index (χ3n) is 3.38. The Hall–Kier alpha value is -1.04. The SMILES string of the molecule is CC(C)(C)C(=O)N(CCC#N)C1CCCCC1. The van der Waals surface area contributed by atoms with Gasteiger partial charge in [0.15, 0.2) is 0 Å². The Kier molecular flexibility index (Phi) is 4.99. The summed E-state index contributed by atoms with van der Waals surface area (Å²) in [5.41, 5.74) is -0.340. The molecule has 0 aromatic rings. The van der Waals surface area contributed by atoms with Gasteiger partial charge in [-0.2, -0.15) is 5.26 Å². The van der Waals surface area contributed by atoms with Crippen molar-refractivity contribution in [2.24, 2.45) is 5.41 Å². The highest BCUT2D eigenvalue weighted by molar-refractivity contribution is 5.81. The number of nitrogens with zero attached hydrogens (tertiary/aromatic N) is 2. The lowest BCUT2D eigenvalue weighted by Gasteiger charge is -2.37. The van der Waals surface area contributed by atoms with Crippen molar-refractivity contribution in [1.29, 1.82) is 5.26 Å². The molecule has 0 saturated heterocycles. The maximum Gasteiger partial charge on any atom is 0.228 e. The third kappa shape index (κ3) is 4.03. The van der Waals surface area contributed by atoms with Gasteiger partial charge < -0.3 is 4.90 Å². The van der Waals surface area contributed by atoms with E-state index >= 15 is 0 Å². The van der Waals surface area contributed by atoms with Gasteiger partial charge in [-0.05, 0) is 12.8 Å². The first kappa shape index (κ1) is 14.0. The highest BCUT2D eigenvalue weighted by Gasteiger charge is 2.32. The Labute approximate surface area is 105 Å². The quantitative estimate of drug-likeness (QED) is 0.755. The van der Waals surface area contributed by atoms with Gasteiger partial charge in [-0.1, -0.05) is 40.0 Å². The van der Waals surface area contributed by atoms with Crippen LogP contribution in [-0.4, -0.2) is 23.4 Å². The molecule has 96 valence electrons. The van der Waals surface area contributed by atoms with Crippen molar-refractivity contribution in [2.45, 2.75) is 65.3 Å². The number of nitriles is 1. The number of carbonyl (C=O) groups is 1. The van der Waals surface area contributed by atoms with Crippen molar-refractivity contribution < 1.29 is 4.79 Å². The molecule has 0 spiro atoms. The molecular formula is C14H24N2O. The lowest BCUT2D eigenvalue weighted by atomic mass is 9.89. The Balaban J connectivity index is 2.72. The second-order valence-corrected chi connectivity index (χ2v) is 5.95. The predicted octanol–water partition coefficient (Wildman–Crippen LogP) is 3.11. The maximum atomic E-state index is 12.4. The molecule has 3 heteroatoms. The first-order valence-electron chi connectivity index (χ1n) is 6.65. The summed E-state index contributed by atoms with van der Waals surface area (Å²) in [6, 6.07) is 2.51. The summed E-state index contributed by atoms with van der Waals surface area (Å²) in [6.07, 6.45) is 6.36. The van der Waals surface area contributed by atoms with Crippen LogP contribution in [0.2, 0.25) is 0 Å². The Bertz CT molecular complexity index is 292. The van der Waals surface area contributed by atoms with Crippen LogP contribution in [0.25, 0.3) is 0 Å². The van der Waals surface area contributed by atoms with Gasteiger partial charge in [0.05, 0.1) is 12.5 Å². The van der Waals surface area contributed by atoms with Crippen molar-refractivity contribution in [3.05, 3.63) is 0 Å². The van der Waals surface area contributed by atoms with E-state index in [2.05, 4.69) is 6.07 Å². The molecule has 1 aliphatic rings. The van der Waals surface area contributed by atoms with Gasteiger partial charge in [-0.3, -0.25) is 4.79 Å². The molecule has 0 aromatic heterocycles. The van der Waals surface area contributed by atoms with Crippen LogP contribution >= 0.6 is 0 Å². The molecule has 0 heterocycles. The molecule has 17 heavy (non-hydrogen) atoms. The van der Waals surface area contributed by atoms with E-state index in [4.69, 9.17) is 5.26 Å². The van der Waals surface area contributed by atoms with Crippen LogP contribution in [0.4, 0.5) is 0 Å². The molecule has 3 nitrogen and oxygen atoms in total. The third-order valence-corrected chi connectivity index (χ3v) is 3.38. The first-order valence-corrected chi connectivity index (χ1v) is 6.65. The lowest BCUT2D eigenvalue weighted by molar-refractivity contribution is -0.142. The van der Waals surface area contributed by atoms with Crippen molar-refractivity contribution in [2.75, 3.05) is 6.54 Å². The number of rotatable bonds is 3. The monoisotopic (exact) mass is 236 g/mol. The molecule has 0 radical (unpaired) electrons. The standard InChI is InChI=1S/C14H24N2O/c1-14(2,3)13(17)16(11-7-10-15)12-8-5-4-6-9-12/h12H,4-9,11H2,1-3H3. The second kappa shape index (κ2) is 6.05. The summed E-state index contributed by atoms with van der Waals surface area (Å²) < 4.78 is 0. The molecule has 0 bridgehead atoms. The molecule has 0 aliphatic heterocycles. The van der Waals surface area contributed by atoms with E-state index in [1.165, 1.54) is 19.3 Å². The van der Waals surface area contributed by atoms with E-state index in [1.54, 1.807) is 0 Å². The molecule has 0 N–H and O–H groups in total. The van der Waals surface area contributed by atoms with E-state index in [0.717, 1.165) is 12.8 Å². The highest BCUT2D eigenvalue weighted by atomic mass is 16.2. The van der Waals surface area contributed by atoms with Crippen molar-refractivity contribution >= 4 is 5.91 Å². The van der Waals surface area contributed by atoms with Crippen LogP contribution in [0.3, 0.4) is 0 Å². The number of amides is 1. The minimum absolute atomic E-state index is 0.194. The summed E-state index contributed by atoms with van der Waals surface area (Å²) >= 11 is 0. The van der Waals surface area contributed by atoms with Crippen LogP contribution in [0.1, 0.15) is 59.3 Å². The number of hydrogen-bond donors (Lipinski definition) is 0. The van der Waals surface area contributed by atoms with Crippen molar-refractivity contribution in [3.63, 3.8) is 0 Å².